The molecule has 20 heavy (non-hydrogen) atoms. The Morgan fingerprint density at radius 3 is 2.70 bits per heavy atom. The molecule has 0 fully saturated rings. The van der Waals surface area contributed by atoms with Gasteiger partial charge in [0.1, 0.15) is 0 Å². The fourth-order valence-electron chi connectivity index (χ4n) is 1.61. The minimum Gasteiger partial charge on any atom is -0.382 e. The number of benzene rings is 1. The van der Waals surface area contributed by atoms with Gasteiger partial charge in [-0.1, -0.05) is 17.3 Å². The van der Waals surface area contributed by atoms with Crippen LogP contribution >= 0.6 is 0 Å². The van der Waals surface area contributed by atoms with Crippen LogP contribution in [0.2, 0.25) is 0 Å². The molecular formula is C11H12F2N4O2S. The monoisotopic (exact) mass is 302 g/mol. The van der Waals surface area contributed by atoms with Crippen molar-refractivity contribution in [2.45, 2.75) is 17.2 Å². The van der Waals surface area contributed by atoms with Crippen molar-refractivity contribution in [3.63, 3.8) is 0 Å². The van der Waals surface area contributed by atoms with Crippen LogP contribution in [-0.4, -0.2) is 35.7 Å². The number of halogens is 2. The van der Waals surface area contributed by atoms with E-state index in [1.165, 1.54) is 23.0 Å². The number of rotatable bonds is 6. The summed E-state index contributed by atoms with van der Waals surface area (Å²) in [6.07, 6.45) is 3.15. The predicted octanol–water partition coefficient (Wildman–Crippen LogP) is 1.39. The zero-order chi connectivity index (χ0) is 14.6. The minimum absolute atomic E-state index is 0.146. The van der Waals surface area contributed by atoms with Crippen molar-refractivity contribution in [2.24, 2.45) is 0 Å². The highest BCUT2D eigenvalue weighted by Crippen LogP contribution is 2.25. The number of aromatic nitrogens is 3. The molecule has 0 radical (unpaired) electrons. The molecule has 9 heteroatoms. The molecule has 108 valence electrons. The maximum Gasteiger partial charge on any atom is 0.341 e. The van der Waals surface area contributed by atoms with Crippen molar-refractivity contribution in [1.82, 2.24) is 15.0 Å². The number of hydrogen-bond acceptors (Lipinski definition) is 5. The van der Waals surface area contributed by atoms with E-state index < -0.39 is 20.5 Å². The van der Waals surface area contributed by atoms with Crippen molar-refractivity contribution in [3.05, 3.63) is 36.7 Å². The Morgan fingerprint density at radius 2 is 2.05 bits per heavy atom. The van der Waals surface area contributed by atoms with Crippen LogP contribution in [0.1, 0.15) is 0 Å². The van der Waals surface area contributed by atoms with E-state index in [2.05, 4.69) is 15.6 Å². The number of anilines is 1. The molecule has 0 spiro atoms. The van der Waals surface area contributed by atoms with Crippen molar-refractivity contribution < 1.29 is 17.2 Å². The van der Waals surface area contributed by atoms with Gasteiger partial charge in [0, 0.05) is 12.7 Å². The van der Waals surface area contributed by atoms with Crippen LogP contribution in [0.4, 0.5) is 14.5 Å². The van der Waals surface area contributed by atoms with Crippen LogP contribution < -0.4 is 5.32 Å². The van der Waals surface area contributed by atoms with Crippen LogP contribution in [0, 0.1) is 0 Å². The van der Waals surface area contributed by atoms with Crippen LogP contribution in [0.15, 0.2) is 41.6 Å². The Labute approximate surface area is 114 Å². The van der Waals surface area contributed by atoms with E-state index in [0.29, 0.717) is 13.1 Å². The largest absolute Gasteiger partial charge is 0.382 e. The van der Waals surface area contributed by atoms with Crippen LogP contribution in [0.5, 0.6) is 0 Å². The summed E-state index contributed by atoms with van der Waals surface area (Å²) >= 11 is 0. The van der Waals surface area contributed by atoms with Gasteiger partial charge in [-0.3, -0.25) is 4.68 Å². The Bertz CT molecular complexity index is 659. The van der Waals surface area contributed by atoms with Gasteiger partial charge in [-0.05, 0) is 12.1 Å². The van der Waals surface area contributed by atoms with Crippen LogP contribution in [0.3, 0.4) is 0 Å². The Balaban J connectivity index is 2.12. The highest BCUT2D eigenvalue weighted by molar-refractivity contribution is 7.91. The summed E-state index contributed by atoms with van der Waals surface area (Å²) < 4.78 is 49.8. The van der Waals surface area contributed by atoms with Gasteiger partial charge in [-0.2, -0.15) is 8.78 Å². The number of hydrogen-bond donors (Lipinski definition) is 1. The summed E-state index contributed by atoms with van der Waals surface area (Å²) in [6.45, 7) is 0.766. The lowest BCUT2D eigenvalue weighted by Gasteiger charge is -2.11. The number of nitrogens with one attached hydrogen (secondary N) is 1. The lowest BCUT2D eigenvalue weighted by molar-refractivity contribution is 0.235. The topological polar surface area (TPSA) is 76.9 Å². The second-order valence-corrected chi connectivity index (χ2v) is 5.78. The number of para-hydroxylation sites is 1. The smallest absolute Gasteiger partial charge is 0.341 e. The zero-order valence-electron chi connectivity index (χ0n) is 10.3. The van der Waals surface area contributed by atoms with E-state index in [1.807, 2.05) is 0 Å². The number of sulfone groups is 1. The third-order valence-corrected chi connectivity index (χ3v) is 3.99. The first-order chi connectivity index (χ1) is 9.51. The van der Waals surface area contributed by atoms with Crippen molar-refractivity contribution in [1.29, 1.82) is 0 Å². The maximum absolute atomic E-state index is 12.6. The number of nitrogens with zero attached hydrogens (tertiary/aromatic N) is 3. The summed E-state index contributed by atoms with van der Waals surface area (Å²) in [5.41, 5.74) is 0.146. The first kappa shape index (κ1) is 14.4. The second-order valence-electron chi connectivity index (χ2n) is 3.89. The van der Waals surface area contributed by atoms with Gasteiger partial charge in [0.2, 0.25) is 9.84 Å². The molecule has 1 aromatic carbocycles. The van der Waals surface area contributed by atoms with Crippen molar-refractivity contribution >= 4 is 15.5 Å². The third-order valence-electron chi connectivity index (χ3n) is 2.56. The Hall–Kier alpha value is -2.03. The standard InChI is InChI=1S/C11H12F2N4O2S/c12-11(13)20(18,19)10-4-2-1-3-9(10)14-5-7-17-8-6-15-16-17/h1-4,6,8,11,14H,5,7H2. The van der Waals surface area contributed by atoms with E-state index in [1.54, 1.807) is 12.3 Å². The number of alkyl halides is 2. The summed E-state index contributed by atoms with van der Waals surface area (Å²) in [7, 11) is -4.62. The summed E-state index contributed by atoms with van der Waals surface area (Å²) in [6, 6.07) is 5.57. The summed E-state index contributed by atoms with van der Waals surface area (Å²) in [4.78, 5) is -0.409. The average Bonchev–Trinajstić information content (AvgIpc) is 2.92. The van der Waals surface area contributed by atoms with Gasteiger partial charge < -0.3 is 5.32 Å². The van der Waals surface area contributed by atoms with Gasteiger partial charge in [0.05, 0.1) is 23.3 Å². The van der Waals surface area contributed by atoms with Gasteiger partial charge in [0.15, 0.2) is 0 Å². The zero-order valence-corrected chi connectivity index (χ0v) is 11.1. The molecule has 0 amide bonds. The van der Waals surface area contributed by atoms with E-state index in [9.17, 15) is 17.2 Å². The maximum atomic E-state index is 12.6. The van der Waals surface area contributed by atoms with Gasteiger partial charge in [-0.25, -0.2) is 8.42 Å². The van der Waals surface area contributed by atoms with Gasteiger partial charge >= 0.3 is 5.76 Å². The van der Waals surface area contributed by atoms with Crippen LogP contribution in [-0.2, 0) is 16.4 Å². The third kappa shape index (κ3) is 3.10. The normalized spacial score (nSPS) is 11.8. The average molecular weight is 302 g/mol. The first-order valence-electron chi connectivity index (χ1n) is 5.71. The van der Waals surface area contributed by atoms with E-state index in [4.69, 9.17) is 0 Å². The predicted molar refractivity (Wildman–Crippen MR) is 68.1 cm³/mol. The molecule has 0 unspecified atom stereocenters. The Kier molecular flexibility index (Phi) is 4.28. The van der Waals surface area contributed by atoms with E-state index >= 15 is 0 Å². The quantitative estimate of drug-likeness (QED) is 0.872. The molecule has 0 aliphatic carbocycles. The molecule has 0 saturated heterocycles. The van der Waals surface area contributed by atoms with Crippen LogP contribution in [0.25, 0.3) is 0 Å². The highest BCUT2D eigenvalue weighted by atomic mass is 32.2. The van der Waals surface area contributed by atoms with Gasteiger partial charge in [0.25, 0.3) is 0 Å². The molecular weight excluding hydrogens is 290 g/mol. The molecule has 1 N–H and O–H groups in total. The van der Waals surface area contributed by atoms with Gasteiger partial charge in [-0.15, -0.1) is 5.10 Å². The lowest BCUT2D eigenvalue weighted by atomic mass is 10.3. The summed E-state index contributed by atoms with van der Waals surface area (Å²) in [5, 5.41) is 10.2. The molecule has 2 aromatic rings. The molecule has 0 aliphatic rings. The fourth-order valence-corrected chi connectivity index (χ4v) is 2.52. The molecule has 0 aliphatic heterocycles. The molecule has 0 saturated carbocycles. The molecule has 1 heterocycles. The van der Waals surface area contributed by atoms with Crippen molar-refractivity contribution in [3.8, 4) is 0 Å². The van der Waals surface area contributed by atoms with Crippen molar-refractivity contribution in [2.75, 3.05) is 11.9 Å². The minimum atomic E-state index is -4.62. The lowest BCUT2D eigenvalue weighted by Crippen LogP contribution is -2.16. The highest BCUT2D eigenvalue weighted by Gasteiger charge is 2.28. The fraction of sp³-hybridized carbons (Fsp3) is 0.273. The first-order valence-corrected chi connectivity index (χ1v) is 7.25. The molecule has 1 aromatic heterocycles. The van der Waals surface area contributed by atoms with E-state index in [0.717, 1.165) is 6.07 Å². The molecule has 0 atom stereocenters. The van der Waals surface area contributed by atoms with E-state index in [-0.39, 0.29) is 5.69 Å². The second kappa shape index (κ2) is 5.95. The molecule has 2 rings (SSSR count). The SMILES string of the molecule is O=S(=O)(c1ccccc1NCCn1ccnn1)C(F)F. The molecule has 0 bridgehead atoms. The summed E-state index contributed by atoms with van der Waals surface area (Å²) in [5.74, 6) is -3.44. The Morgan fingerprint density at radius 1 is 1.30 bits per heavy atom. The molecule has 6 nitrogen and oxygen atoms in total.